The summed E-state index contributed by atoms with van der Waals surface area (Å²) in [7, 11) is 0. The number of rotatable bonds is 1. The third kappa shape index (κ3) is 2.37. The number of nitrogens with one attached hydrogen (secondary N) is 1. The van der Waals surface area contributed by atoms with Gasteiger partial charge in [-0.2, -0.15) is 12.6 Å². The molecule has 0 atom stereocenters. The van der Waals surface area contributed by atoms with Gasteiger partial charge >= 0.3 is 11.2 Å². The Kier molecular flexibility index (Phi) is 3.31. The van der Waals surface area contributed by atoms with E-state index >= 15 is 0 Å². The van der Waals surface area contributed by atoms with Crippen LogP contribution < -0.4 is 5.56 Å². The monoisotopic (exact) mass is 210 g/mol. The van der Waals surface area contributed by atoms with Crippen molar-refractivity contribution in [3.63, 3.8) is 0 Å². The highest BCUT2D eigenvalue weighted by Gasteiger charge is 2.11. The number of thiol groups is 1. The van der Waals surface area contributed by atoms with Crippen LogP contribution in [0.3, 0.4) is 0 Å². The zero-order valence-corrected chi connectivity index (χ0v) is 7.88. The van der Waals surface area contributed by atoms with E-state index in [-0.39, 0.29) is 0 Å². The molecular weight excluding hydrogens is 204 g/mol. The van der Waals surface area contributed by atoms with Crippen LogP contribution >= 0.6 is 12.6 Å². The molecule has 6 heteroatoms. The minimum Gasteiger partial charge on any atom is -0.322 e. The van der Waals surface area contributed by atoms with E-state index in [1.165, 1.54) is 6.20 Å². The SMILES string of the molecule is O=c1[nH]cc(C#CCS)cc1[N+](=O)[O-]. The van der Waals surface area contributed by atoms with E-state index in [1.807, 2.05) is 0 Å². The quantitative estimate of drug-likeness (QED) is 0.308. The summed E-state index contributed by atoms with van der Waals surface area (Å²) >= 11 is 3.86. The zero-order chi connectivity index (χ0) is 10.6. The number of H-pyrrole nitrogens is 1. The Balaban J connectivity index is 3.20. The first kappa shape index (κ1) is 10.3. The second kappa shape index (κ2) is 4.48. The highest BCUT2D eigenvalue weighted by Crippen LogP contribution is 2.04. The molecule has 0 amide bonds. The number of aromatic amines is 1. The van der Waals surface area contributed by atoms with Crippen LogP contribution in [0.4, 0.5) is 5.69 Å². The lowest BCUT2D eigenvalue weighted by molar-refractivity contribution is -0.386. The first-order chi connectivity index (χ1) is 6.65. The molecule has 1 rings (SSSR count). The highest BCUT2D eigenvalue weighted by molar-refractivity contribution is 7.80. The summed E-state index contributed by atoms with van der Waals surface area (Å²) in [5.74, 6) is 5.59. The fourth-order valence-electron chi connectivity index (χ4n) is 0.821. The summed E-state index contributed by atoms with van der Waals surface area (Å²) in [5.41, 5.74) is -0.840. The van der Waals surface area contributed by atoms with Crippen molar-refractivity contribution < 1.29 is 4.92 Å². The van der Waals surface area contributed by atoms with Crippen molar-refractivity contribution >= 4 is 18.3 Å². The number of hydrogen-bond acceptors (Lipinski definition) is 4. The molecule has 72 valence electrons. The molecule has 0 saturated carbocycles. The van der Waals surface area contributed by atoms with Crippen LogP contribution in [-0.2, 0) is 0 Å². The molecule has 0 aromatic carbocycles. The van der Waals surface area contributed by atoms with Gasteiger partial charge in [-0.1, -0.05) is 11.8 Å². The molecule has 0 spiro atoms. The van der Waals surface area contributed by atoms with Crippen molar-refractivity contribution in [1.29, 1.82) is 0 Å². The van der Waals surface area contributed by atoms with Crippen molar-refractivity contribution in [2.75, 3.05) is 5.75 Å². The van der Waals surface area contributed by atoms with E-state index < -0.39 is 16.2 Å². The number of nitrogens with zero attached hydrogens (tertiary/aromatic N) is 1. The first-order valence-electron chi connectivity index (χ1n) is 3.62. The van der Waals surface area contributed by atoms with E-state index in [9.17, 15) is 14.9 Å². The van der Waals surface area contributed by atoms with Crippen molar-refractivity contribution in [3.8, 4) is 11.8 Å². The summed E-state index contributed by atoms with van der Waals surface area (Å²) in [5, 5.41) is 10.4. The Bertz CT molecular complexity index is 469. The van der Waals surface area contributed by atoms with E-state index in [2.05, 4.69) is 29.5 Å². The Hall–Kier alpha value is -1.74. The molecule has 0 radical (unpaired) electrons. The minimum absolute atomic E-state index is 0.354. The topological polar surface area (TPSA) is 76.0 Å². The Morgan fingerprint density at radius 2 is 2.36 bits per heavy atom. The van der Waals surface area contributed by atoms with Crippen LogP contribution in [0.2, 0.25) is 0 Å². The fourth-order valence-corrected chi connectivity index (χ4v) is 0.900. The van der Waals surface area contributed by atoms with Gasteiger partial charge in [-0.05, 0) is 0 Å². The molecule has 0 aliphatic carbocycles. The number of pyridine rings is 1. The average molecular weight is 210 g/mol. The summed E-state index contributed by atoms with van der Waals surface area (Å²) in [6.07, 6.45) is 1.33. The van der Waals surface area contributed by atoms with Crippen molar-refractivity contribution in [2.24, 2.45) is 0 Å². The van der Waals surface area contributed by atoms with Gasteiger partial charge in [0.15, 0.2) is 0 Å². The fraction of sp³-hybridized carbons (Fsp3) is 0.125. The standard InChI is InChI=1S/C8H6N2O3S/c11-8-7(10(12)13)4-6(5-9-8)2-1-3-14/h4-5,14H,3H2,(H,9,11). The number of hydrogen-bond donors (Lipinski definition) is 2. The maximum Gasteiger partial charge on any atom is 0.335 e. The maximum atomic E-state index is 10.9. The average Bonchev–Trinajstić information content (AvgIpc) is 2.16. The molecule has 1 heterocycles. The summed E-state index contributed by atoms with van der Waals surface area (Å²) in [4.78, 5) is 22.8. The molecule has 1 aromatic heterocycles. The van der Waals surface area contributed by atoms with Gasteiger partial charge in [0.1, 0.15) is 0 Å². The van der Waals surface area contributed by atoms with Gasteiger partial charge in [0.2, 0.25) is 0 Å². The van der Waals surface area contributed by atoms with Gasteiger partial charge in [-0.25, -0.2) is 0 Å². The van der Waals surface area contributed by atoms with Crippen LogP contribution in [0, 0.1) is 22.0 Å². The molecule has 0 aliphatic rings. The second-order valence-corrected chi connectivity index (χ2v) is 2.64. The van der Waals surface area contributed by atoms with Gasteiger partial charge in [0.05, 0.1) is 10.7 Å². The van der Waals surface area contributed by atoms with E-state index in [4.69, 9.17) is 0 Å². The first-order valence-corrected chi connectivity index (χ1v) is 4.25. The Morgan fingerprint density at radius 3 is 2.93 bits per heavy atom. The number of aromatic nitrogens is 1. The molecule has 1 aromatic rings. The van der Waals surface area contributed by atoms with Crippen LogP contribution in [0.5, 0.6) is 0 Å². The molecule has 0 unspecified atom stereocenters. The van der Waals surface area contributed by atoms with Crippen molar-refractivity contribution in [3.05, 3.63) is 38.3 Å². The molecule has 0 fully saturated rings. The minimum atomic E-state index is -0.745. The lowest BCUT2D eigenvalue weighted by Crippen LogP contribution is -2.10. The molecule has 5 nitrogen and oxygen atoms in total. The summed E-state index contributed by atoms with van der Waals surface area (Å²) < 4.78 is 0. The predicted octanol–water partition coefficient (Wildman–Crippen LogP) is 0.564. The molecule has 14 heavy (non-hydrogen) atoms. The van der Waals surface area contributed by atoms with Crippen molar-refractivity contribution in [2.45, 2.75) is 0 Å². The van der Waals surface area contributed by atoms with Crippen LogP contribution in [0.25, 0.3) is 0 Å². The lowest BCUT2D eigenvalue weighted by atomic mass is 10.2. The smallest absolute Gasteiger partial charge is 0.322 e. The number of nitro groups is 1. The van der Waals surface area contributed by atoms with E-state index in [0.29, 0.717) is 11.3 Å². The predicted molar refractivity (Wildman–Crippen MR) is 54.4 cm³/mol. The van der Waals surface area contributed by atoms with E-state index in [0.717, 1.165) is 6.07 Å². The lowest BCUT2D eigenvalue weighted by Gasteiger charge is -1.90. The molecular formula is C8H6N2O3S. The summed E-state index contributed by atoms with van der Waals surface area (Å²) in [6, 6.07) is 1.13. The van der Waals surface area contributed by atoms with Crippen LogP contribution in [0.15, 0.2) is 17.1 Å². The molecule has 0 saturated heterocycles. The summed E-state index contributed by atoms with van der Waals surface area (Å²) in [6.45, 7) is 0. The molecule has 0 aliphatic heterocycles. The van der Waals surface area contributed by atoms with Crippen LogP contribution in [0.1, 0.15) is 5.56 Å². The van der Waals surface area contributed by atoms with E-state index in [1.54, 1.807) is 0 Å². The van der Waals surface area contributed by atoms with Gasteiger partial charge in [-0.3, -0.25) is 14.9 Å². The molecule has 0 bridgehead atoms. The third-order valence-corrected chi connectivity index (χ3v) is 1.55. The zero-order valence-electron chi connectivity index (χ0n) is 6.98. The van der Waals surface area contributed by atoms with Crippen LogP contribution in [-0.4, -0.2) is 15.7 Å². The highest BCUT2D eigenvalue weighted by atomic mass is 32.1. The normalized spacial score (nSPS) is 8.93. The maximum absolute atomic E-state index is 10.9. The molecule has 1 N–H and O–H groups in total. The van der Waals surface area contributed by atoms with Crippen molar-refractivity contribution in [1.82, 2.24) is 4.98 Å². The van der Waals surface area contributed by atoms with Gasteiger partial charge in [0.25, 0.3) is 0 Å². The van der Waals surface area contributed by atoms with Gasteiger partial charge in [-0.15, -0.1) is 0 Å². The largest absolute Gasteiger partial charge is 0.335 e. The Morgan fingerprint density at radius 1 is 1.64 bits per heavy atom. The van der Waals surface area contributed by atoms with Gasteiger partial charge in [0, 0.05) is 17.8 Å². The third-order valence-electron chi connectivity index (χ3n) is 1.39. The second-order valence-electron chi connectivity index (χ2n) is 2.32. The van der Waals surface area contributed by atoms with Gasteiger partial charge < -0.3 is 4.98 Å². The Labute approximate surface area is 84.7 Å².